The first kappa shape index (κ1) is 45.8. The molecule has 0 bridgehead atoms. The molecule has 2 aliphatic heterocycles. The zero-order chi connectivity index (χ0) is 38.6. The second kappa shape index (κ2) is 17.1. The number of rotatable bonds is 13. The minimum absolute atomic E-state index is 0. The average Bonchev–Trinajstić information content (AvgIpc) is 3.42. The quantitative estimate of drug-likeness (QED) is 0.0782. The van der Waals surface area contributed by atoms with Crippen molar-refractivity contribution < 1.29 is 103 Å². The molecule has 0 N–H and O–H groups in total. The molecule has 6 rings (SSSR count). The number of unbranched alkanes of at least 4 members (excludes halogenated alkanes) is 2. The first-order valence-electron chi connectivity index (χ1n) is 17.4. The van der Waals surface area contributed by atoms with Gasteiger partial charge in [-0.1, -0.05) is 56.3 Å². The van der Waals surface area contributed by atoms with Crippen molar-refractivity contribution in [2.75, 3.05) is 29.5 Å². The van der Waals surface area contributed by atoms with Crippen LogP contribution < -0.4 is 64.0 Å². The molecule has 282 valence electrons. The van der Waals surface area contributed by atoms with Gasteiger partial charge in [-0.05, 0) is 90.6 Å². The molecule has 0 radical (unpaired) electrons. The number of anilines is 1. The average molecular weight is 825 g/mol. The molecule has 55 heavy (non-hydrogen) atoms. The van der Waals surface area contributed by atoms with Gasteiger partial charge < -0.3 is 18.6 Å². The van der Waals surface area contributed by atoms with E-state index in [-0.39, 0.29) is 76.9 Å². The fourth-order valence-corrected chi connectivity index (χ4v) is 9.69. The van der Waals surface area contributed by atoms with Gasteiger partial charge in [-0.25, -0.2) is 25.3 Å². The number of nitrogens with zero attached hydrogens (tertiary/aromatic N) is 2. The Morgan fingerprint density at radius 1 is 0.691 bits per heavy atom. The van der Waals surface area contributed by atoms with Crippen LogP contribution in [0.25, 0.3) is 21.5 Å². The molecule has 0 atom stereocenters. The zero-order valence-corrected chi connectivity index (χ0v) is 38.5. The normalized spacial score (nSPS) is 17.1. The van der Waals surface area contributed by atoms with Crippen LogP contribution in [0.15, 0.2) is 95.6 Å². The molecule has 11 nitrogen and oxygen atoms in total. The Hall–Kier alpha value is -1.92. The Balaban J connectivity index is 0.00000336. The summed E-state index contributed by atoms with van der Waals surface area (Å²) in [6, 6.07) is 20.3. The van der Waals surface area contributed by atoms with Crippen molar-refractivity contribution in [2.24, 2.45) is 0 Å². The molecule has 16 heteroatoms. The molecule has 0 unspecified atom stereocenters. The smallest absolute Gasteiger partial charge is 0.748 e. The number of benzene rings is 4. The van der Waals surface area contributed by atoms with Gasteiger partial charge in [0, 0.05) is 59.0 Å². The molecule has 0 spiro atoms. The maximum absolute atomic E-state index is 11.8. The molecule has 4 aromatic rings. The third kappa shape index (κ3) is 9.69. The SMILES string of the molecule is CC1(C)C(C=C/C=C2/N(CCCCS(=O)(=O)[O-])c3ccc4cc(S(=O)(=O)[O-])ccc4c3C2(C)C)=[N+](CCCCS(=O)(=O)[O-])c2ccc3ccccc3c21.[Na+].[Na+]. The first-order valence-corrected chi connectivity index (χ1v) is 22.0. The van der Waals surface area contributed by atoms with Crippen molar-refractivity contribution in [1.82, 2.24) is 0 Å². The number of allylic oxidation sites excluding steroid dienone is 4. The Labute approximate surface area is 368 Å². The standard InChI is InChI=1S/C39H44N2O9S3.2Na/c1-38(2)34(40(22-7-9-24-51(42,43)44)32-20-16-27-12-5-6-13-30(27)36(32)38)14-11-15-35-39(3,4)37-31-19-18-29(53(48,49)50)26-28(31)17-21-33(37)41(35)23-8-10-25-52(45,46)47;;/h5-6,11-21,26H,7-10,22-25H2,1-4H3,(H2-,42,43,44,45,46,47,48,49,50);;/q;2*+1/p-2. The van der Waals surface area contributed by atoms with Crippen molar-refractivity contribution in [3.05, 3.63) is 102 Å². The van der Waals surface area contributed by atoms with Crippen molar-refractivity contribution in [1.29, 1.82) is 0 Å². The van der Waals surface area contributed by atoms with Crippen LogP contribution in [0, 0.1) is 0 Å². The van der Waals surface area contributed by atoms with Gasteiger partial charge in [-0.15, -0.1) is 0 Å². The summed E-state index contributed by atoms with van der Waals surface area (Å²) < 4.78 is 106. The minimum Gasteiger partial charge on any atom is -0.748 e. The largest absolute Gasteiger partial charge is 1.00 e. The zero-order valence-electron chi connectivity index (χ0n) is 32.0. The maximum Gasteiger partial charge on any atom is 1.00 e. The second-order valence-electron chi connectivity index (χ2n) is 14.8. The fourth-order valence-electron chi connectivity index (χ4n) is 8.07. The molecule has 0 fully saturated rings. The Morgan fingerprint density at radius 2 is 1.31 bits per heavy atom. The first-order chi connectivity index (χ1) is 24.7. The van der Waals surface area contributed by atoms with Crippen LogP contribution in [0.5, 0.6) is 0 Å². The van der Waals surface area contributed by atoms with E-state index in [1.165, 1.54) is 12.1 Å². The fraction of sp³-hybridized carbons (Fsp3) is 0.359. The monoisotopic (exact) mass is 824 g/mol. The van der Waals surface area contributed by atoms with Gasteiger partial charge >= 0.3 is 59.1 Å². The van der Waals surface area contributed by atoms with Crippen LogP contribution in [0.4, 0.5) is 11.4 Å². The minimum atomic E-state index is -4.67. The molecule has 0 saturated heterocycles. The molecule has 4 aromatic carbocycles. The Morgan fingerprint density at radius 3 is 1.96 bits per heavy atom. The predicted octanol–water partition coefficient (Wildman–Crippen LogP) is 0.170. The third-order valence-electron chi connectivity index (χ3n) is 10.4. The van der Waals surface area contributed by atoms with E-state index in [4.69, 9.17) is 0 Å². The summed E-state index contributed by atoms with van der Waals surface area (Å²) in [5.41, 5.74) is 4.74. The van der Waals surface area contributed by atoms with Gasteiger partial charge in [0.05, 0.1) is 30.5 Å². The molecule has 2 heterocycles. The van der Waals surface area contributed by atoms with Crippen LogP contribution in [0.1, 0.15) is 64.5 Å². The molecule has 0 aliphatic carbocycles. The van der Waals surface area contributed by atoms with E-state index in [1.807, 2.05) is 30.4 Å². The molecule has 0 saturated carbocycles. The summed E-state index contributed by atoms with van der Waals surface area (Å²) in [6.45, 7) is 9.33. The molecule has 0 aromatic heterocycles. The van der Waals surface area contributed by atoms with Crippen molar-refractivity contribution in [2.45, 2.75) is 69.1 Å². The molecular formula is C39H42N2Na2O9S3. The number of fused-ring (bicyclic) bond motifs is 6. The van der Waals surface area contributed by atoms with E-state index in [9.17, 15) is 38.9 Å². The number of hydrogen-bond donors (Lipinski definition) is 0. The molecular weight excluding hydrogens is 783 g/mol. The van der Waals surface area contributed by atoms with Crippen LogP contribution >= 0.6 is 0 Å². The summed E-state index contributed by atoms with van der Waals surface area (Å²) in [6.07, 6.45) is 7.36. The van der Waals surface area contributed by atoms with Gasteiger partial charge in [0.1, 0.15) is 16.7 Å². The van der Waals surface area contributed by atoms with E-state index in [2.05, 4.69) is 67.5 Å². The van der Waals surface area contributed by atoms with E-state index in [0.29, 0.717) is 31.3 Å². The second-order valence-corrected chi connectivity index (χ2v) is 19.2. The predicted molar refractivity (Wildman–Crippen MR) is 204 cm³/mol. The Bertz CT molecular complexity index is 2570. The summed E-state index contributed by atoms with van der Waals surface area (Å²) >= 11 is 0. The van der Waals surface area contributed by atoms with E-state index in [0.717, 1.165) is 50.1 Å². The van der Waals surface area contributed by atoms with Gasteiger partial charge in [0.2, 0.25) is 5.69 Å². The van der Waals surface area contributed by atoms with Crippen molar-refractivity contribution >= 4 is 69.0 Å². The molecule has 0 amide bonds. The van der Waals surface area contributed by atoms with Gasteiger partial charge in [0.25, 0.3) is 0 Å². The summed E-state index contributed by atoms with van der Waals surface area (Å²) in [5.74, 6) is -0.902. The number of hydrogen-bond acceptors (Lipinski definition) is 10. The van der Waals surface area contributed by atoms with Gasteiger partial charge in [-0.3, -0.25) is 0 Å². The summed E-state index contributed by atoms with van der Waals surface area (Å²) in [5, 5.41) is 3.58. The van der Waals surface area contributed by atoms with Crippen LogP contribution in [0.2, 0.25) is 0 Å². The van der Waals surface area contributed by atoms with E-state index in [1.54, 1.807) is 12.1 Å². The molecule has 2 aliphatic rings. The van der Waals surface area contributed by atoms with Crippen LogP contribution in [0.3, 0.4) is 0 Å². The summed E-state index contributed by atoms with van der Waals surface area (Å²) in [7, 11) is -13.4. The van der Waals surface area contributed by atoms with Crippen LogP contribution in [-0.4, -0.2) is 73.8 Å². The van der Waals surface area contributed by atoms with Gasteiger partial charge in [-0.2, -0.15) is 4.58 Å². The van der Waals surface area contributed by atoms with E-state index < -0.39 is 52.7 Å². The van der Waals surface area contributed by atoms with Crippen molar-refractivity contribution in [3.63, 3.8) is 0 Å². The Kier molecular flexibility index (Phi) is 14.3. The van der Waals surface area contributed by atoms with Crippen LogP contribution in [-0.2, 0) is 41.2 Å². The topological polar surface area (TPSA) is 178 Å². The third-order valence-corrected chi connectivity index (χ3v) is 12.8. The maximum atomic E-state index is 11.8. The van der Waals surface area contributed by atoms with Gasteiger partial charge in [0.15, 0.2) is 5.71 Å². The van der Waals surface area contributed by atoms with E-state index >= 15 is 0 Å². The summed E-state index contributed by atoms with van der Waals surface area (Å²) in [4.78, 5) is 1.78. The van der Waals surface area contributed by atoms with Crippen molar-refractivity contribution in [3.8, 4) is 0 Å².